The van der Waals surface area contributed by atoms with E-state index in [-0.39, 0.29) is 12.4 Å². The van der Waals surface area contributed by atoms with Gasteiger partial charge >= 0.3 is 0 Å². The van der Waals surface area contributed by atoms with E-state index < -0.39 is 0 Å². The lowest BCUT2D eigenvalue weighted by Gasteiger charge is -1.98. The van der Waals surface area contributed by atoms with Gasteiger partial charge < -0.3 is 4.74 Å². The second kappa shape index (κ2) is 7.09. The van der Waals surface area contributed by atoms with Crippen LogP contribution in [0.5, 0.6) is 0 Å². The number of rotatable bonds is 6. The van der Waals surface area contributed by atoms with Gasteiger partial charge in [-0.1, -0.05) is 0 Å². The molecule has 0 N–H and O–H groups in total. The molecule has 0 aromatic carbocycles. The fraction of sp³-hybridized carbons (Fsp3) is 0.857. The first kappa shape index (κ1) is 9.98. The molecule has 0 unspecified atom stereocenters. The summed E-state index contributed by atoms with van der Waals surface area (Å²) in [5, 5.41) is 0. The molecule has 0 saturated heterocycles. The highest BCUT2D eigenvalue weighted by Gasteiger charge is 1.98. The fourth-order valence-corrected chi connectivity index (χ4v) is 0.936. The van der Waals surface area contributed by atoms with Crippen molar-refractivity contribution in [2.24, 2.45) is 0 Å². The average molecular weight is 162 g/mol. The van der Waals surface area contributed by atoms with Gasteiger partial charge in [0.25, 0.3) is 0 Å². The van der Waals surface area contributed by atoms with Crippen LogP contribution in [0, 0.1) is 0 Å². The standard InChI is InChI=1S/C7H14O2S/c1-3-9-6-7(8)4-5-10-2/h3-6H2,1-2H3. The van der Waals surface area contributed by atoms with E-state index in [2.05, 4.69) is 0 Å². The van der Waals surface area contributed by atoms with Gasteiger partial charge in [-0.15, -0.1) is 0 Å². The van der Waals surface area contributed by atoms with Crippen molar-refractivity contribution in [3.63, 3.8) is 0 Å². The molecule has 0 saturated carbocycles. The quantitative estimate of drug-likeness (QED) is 0.589. The molecule has 60 valence electrons. The van der Waals surface area contributed by atoms with Crippen molar-refractivity contribution in [1.82, 2.24) is 0 Å². The minimum atomic E-state index is 0.205. The van der Waals surface area contributed by atoms with Crippen molar-refractivity contribution in [3.05, 3.63) is 0 Å². The molecule has 0 atom stereocenters. The highest BCUT2D eigenvalue weighted by atomic mass is 32.2. The third-order valence-electron chi connectivity index (χ3n) is 1.05. The fourth-order valence-electron chi connectivity index (χ4n) is 0.504. The van der Waals surface area contributed by atoms with Crippen molar-refractivity contribution in [2.75, 3.05) is 25.2 Å². The lowest BCUT2D eigenvalue weighted by Crippen LogP contribution is -2.08. The maximum Gasteiger partial charge on any atom is 0.159 e. The SMILES string of the molecule is CCOCC(=O)CCSC. The molecule has 0 bridgehead atoms. The monoisotopic (exact) mass is 162 g/mol. The number of carbonyl (C=O) groups is 1. The van der Waals surface area contributed by atoms with Crippen molar-refractivity contribution in [1.29, 1.82) is 0 Å². The first-order valence-electron chi connectivity index (χ1n) is 3.39. The largest absolute Gasteiger partial charge is 0.374 e. The Kier molecular flexibility index (Phi) is 7.08. The van der Waals surface area contributed by atoms with E-state index in [4.69, 9.17) is 4.74 Å². The van der Waals surface area contributed by atoms with Crippen LogP contribution in [0.2, 0.25) is 0 Å². The molecule has 0 spiro atoms. The highest BCUT2D eigenvalue weighted by Crippen LogP contribution is 1.96. The summed E-state index contributed by atoms with van der Waals surface area (Å²) in [6.07, 6.45) is 2.63. The van der Waals surface area contributed by atoms with Crippen molar-refractivity contribution >= 4 is 17.5 Å². The topological polar surface area (TPSA) is 26.3 Å². The van der Waals surface area contributed by atoms with Crippen molar-refractivity contribution < 1.29 is 9.53 Å². The van der Waals surface area contributed by atoms with E-state index in [1.54, 1.807) is 11.8 Å². The van der Waals surface area contributed by atoms with E-state index >= 15 is 0 Å². The van der Waals surface area contributed by atoms with Crippen LogP contribution in [0.4, 0.5) is 0 Å². The van der Waals surface area contributed by atoms with E-state index in [0.717, 1.165) is 5.75 Å². The van der Waals surface area contributed by atoms with E-state index in [9.17, 15) is 4.79 Å². The summed E-state index contributed by atoms with van der Waals surface area (Å²) >= 11 is 1.69. The maximum atomic E-state index is 10.8. The summed E-state index contributed by atoms with van der Waals surface area (Å²) in [5.41, 5.74) is 0. The highest BCUT2D eigenvalue weighted by molar-refractivity contribution is 7.98. The van der Waals surface area contributed by atoms with Gasteiger partial charge in [0.05, 0.1) is 0 Å². The van der Waals surface area contributed by atoms with Gasteiger partial charge in [0.15, 0.2) is 5.78 Å². The minimum Gasteiger partial charge on any atom is -0.374 e. The molecule has 0 fully saturated rings. The van der Waals surface area contributed by atoms with Crippen LogP contribution in [0.3, 0.4) is 0 Å². The van der Waals surface area contributed by atoms with Crippen LogP contribution in [0.25, 0.3) is 0 Å². The molecule has 3 heteroatoms. The Bertz CT molecular complexity index is 83.6. The van der Waals surface area contributed by atoms with Crippen LogP contribution < -0.4 is 0 Å². The number of Topliss-reactive ketones (excluding diaryl/α,β-unsaturated/α-hetero) is 1. The van der Waals surface area contributed by atoms with Crippen molar-refractivity contribution in [2.45, 2.75) is 13.3 Å². The number of ketones is 1. The van der Waals surface area contributed by atoms with Gasteiger partial charge in [-0.2, -0.15) is 11.8 Å². The number of hydrogen-bond donors (Lipinski definition) is 0. The van der Waals surface area contributed by atoms with Gasteiger partial charge in [-0.3, -0.25) is 4.79 Å². The van der Waals surface area contributed by atoms with Gasteiger partial charge in [0.1, 0.15) is 6.61 Å². The Balaban J connectivity index is 3.09. The molecule has 0 aromatic heterocycles. The van der Waals surface area contributed by atoms with Gasteiger partial charge in [0, 0.05) is 13.0 Å². The van der Waals surface area contributed by atoms with Crippen LogP contribution >= 0.6 is 11.8 Å². The molecule has 0 aliphatic carbocycles. The third-order valence-corrected chi connectivity index (χ3v) is 1.66. The van der Waals surface area contributed by atoms with Gasteiger partial charge in [-0.25, -0.2) is 0 Å². The zero-order chi connectivity index (χ0) is 7.82. The average Bonchev–Trinajstić information content (AvgIpc) is 1.97. The Morgan fingerprint density at radius 3 is 2.80 bits per heavy atom. The normalized spacial score (nSPS) is 9.80. The van der Waals surface area contributed by atoms with Crippen LogP contribution in [0.1, 0.15) is 13.3 Å². The Morgan fingerprint density at radius 2 is 2.30 bits per heavy atom. The van der Waals surface area contributed by atoms with E-state index in [0.29, 0.717) is 13.0 Å². The Hall–Kier alpha value is -0.0200. The predicted molar refractivity (Wildman–Crippen MR) is 44.5 cm³/mol. The number of thioether (sulfide) groups is 1. The van der Waals surface area contributed by atoms with Gasteiger partial charge in [-0.05, 0) is 18.9 Å². The summed E-state index contributed by atoms with van der Waals surface area (Å²) < 4.78 is 4.93. The summed E-state index contributed by atoms with van der Waals surface area (Å²) in [6, 6.07) is 0. The summed E-state index contributed by atoms with van der Waals surface area (Å²) in [5.74, 6) is 1.11. The molecule has 0 aliphatic heterocycles. The minimum absolute atomic E-state index is 0.205. The maximum absolute atomic E-state index is 10.8. The molecule has 0 radical (unpaired) electrons. The summed E-state index contributed by atoms with van der Waals surface area (Å²) in [4.78, 5) is 10.8. The first-order chi connectivity index (χ1) is 4.81. The molecule has 0 aromatic rings. The molecular weight excluding hydrogens is 148 g/mol. The second-order valence-electron chi connectivity index (χ2n) is 1.92. The molecule has 0 amide bonds. The van der Waals surface area contributed by atoms with E-state index in [1.807, 2.05) is 13.2 Å². The molecule has 0 aliphatic rings. The van der Waals surface area contributed by atoms with Crippen LogP contribution in [0.15, 0.2) is 0 Å². The molecule has 10 heavy (non-hydrogen) atoms. The number of carbonyl (C=O) groups excluding carboxylic acids is 1. The number of hydrogen-bond acceptors (Lipinski definition) is 3. The van der Waals surface area contributed by atoms with Crippen LogP contribution in [-0.4, -0.2) is 31.0 Å². The smallest absolute Gasteiger partial charge is 0.159 e. The van der Waals surface area contributed by atoms with Gasteiger partial charge in [0.2, 0.25) is 0 Å². The zero-order valence-corrected chi connectivity index (χ0v) is 7.37. The molecule has 0 rings (SSSR count). The Morgan fingerprint density at radius 1 is 1.60 bits per heavy atom. The Labute approximate surface area is 66.3 Å². The summed E-state index contributed by atoms with van der Waals surface area (Å²) in [7, 11) is 0. The lowest BCUT2D eigenvalue weighted by molar-refractivity contribution is -0.123. The molecule has 0 heterocycles. The lowest BCUT2D eigenvalue weighted by atomic mass is 10.3. The zero-order valence-electron chi connectivity index (χ0n) is 6.55. The molecular formula is C7H14O2S. The van der Waals surface area contributed by atoms with Crippen molar-refractivity contribution in [3.8, 4) is 0 Å². The van der Waals surface area contributed by atoms with E-state index in [1.165, 1.54) is 0 Å². The second-order valence-corrected chi connectivity index (χ2v) is 2.90. The first-order valence-corrected chi connectivity index (χ1v) is 4.79. The molecule has 2 nitrogen and oxygen atoms in total. The van der Waals surface area contributed by atoms with Crippen LogP contribution in [-0.2, 0) is 9.53 Å². The predicted octanol–water partition coefficient (Wildman–Crippen LogP) is 1.35. The number of ether oxygens (including phenoxy) is 1. The summed E-state index contributed by atoms with van der Waals surface area (Å²) in [6.45, 7) is 2.81. The third kappa shape index (κ3) is 6.11.